The van der Waals surface area contributed by atoms with E-state index in [1.54, 1.807) is 77.7 Å². The maximum absolute atomic E-state index is 14.3. The summed E-state index contributed by atoms with van der Waals surface area (Å²) < 4.78 is 35.3. The molecule has 3 aromatic carbocycles. The lowest BCUT2D eigenvalue weighted by molar-refractivity contribution is -0.183. The maximum atomic E-state index is 14.3. The molecule has 1 saturated carbocycles. The van der Waals surface area contributed by atoms with Crippen molar-refractivity contribution < 1.29 is 27.9 Å². The Morgan fingerprint density at radius 2 is 1.77 bits per heavy atom. The number of benzene rings is 3. The summed E-state index contributed by atoms with van der Waals surface area (Å²) in [6.07, 6.45) is -1.43. The zero-order valence-corrected chi connectivity index (χ0v) is 26.2. The average molecular weight is 657 g/mol. The summed E-state index contributed by atoms with van der Waals surface area (Å²) in [5.41, 5.74) is 1.71. The molecular formula is C32H31Cl2N3O6S. The number of morpholine rings is 1. The predicted octanol–water partition coefficient (Wildman–Crippen LogP) is 6.13. The molecule has 2 aliphatic rings. The van der Waals surface area contributed by atoms with Crippen LogP contribution in [0.15, 0.2) is 72.8 Å². The van der Waals surface area contributed by atoms with Crippen molar-refractivity contribution >= 4 is 50.8 Å². The van der Waals surface area contributed by atoms with Crippen molar-refractivity contribution in [2.75, 3.05) is 10.8 Å². The number of carboxylic acids is 1. The number of aliphatic carboxylic acids is 1. The normalized spacial score (nSPS) is 21.0. The van der Waals surface area contributed by atoms with Crippen LogP contribution in [0.2, 0.25) is 10.0 Å². The lowest BCUT2D eigenvalue weighted by Crippen LogP contribution is -2.58. The van der Waals surface area contributed by atoms with Gasteiger partial charge >= 0.3 is 5.97 Å². The maximum Gasteiger partial charge on any atom is 0.306 e. The molecule has 3 aromatic rings. The molecule has 1 amide bonds. The fraction of sp³-hybridized carbons (Fsp3) is 0.344. The van der Waals surface area contributed by atoms with Crippen molar-refractivity contribution in [2.45, 2.75) is 62.1 Å². The number of carboxylic acid groups (broad SMARTS) is 1. The lowest BCUT2D eigenvalue weighted by atomic mass is 9.89. The van der Waals surface area contributed by atoms with Crippen LogP contribution >= 0.6 is 23.2 Å². The minimum atomic E-state index is -3.88. The molecule has 1 heterocycles. The highest BCUT2D eigenvalue weighted by molar-refractivity contribution is 7.93. The minimum Gasteiger partial charge on any atom is -0.481 e. The van der Waals surface area contributed by atoms with Gasteiger partial charge in [-0.3, -0.25) is 13.9 Å². The zero-order valence-electron chi connectivity index (χ0n) is 23.8. The number of ether oxygens (including phenoxy) is 1. The molecule has 2 unspecified atom stereocenters. The first-order valence-electron chi connectivity index (χ1n) is 14.3. The molecule has 1 aliphatic carbocycles. The van der Waals surface area contributed by atoms with E-state index in [2.05, 4.69) is 6.07 Å². The van der Waals surface area contributed by atoms with Gasteiger partial charge in [0.1, 0.15) is 18.3 Å². The molecular weight excluding hydrogens is 625 g/mol. The summed E-state index contributed by atoms with van der Waals surface area (Å²) in [7, 11) is -3.88. The second kappa shape index (κ2) is 13.2. The number of anilines is 1. The summed E-state index contributed by atoms with van der Waals surface area (Å²) >= 11 is 12.6. The number of amides is 1. The molecule has 12 heteroatoms. The SMILES string of the molecule is CC[C@@H](CN(c1ccccc1C#N)S(=O)(=O)C1CC1)N1C(=O)C(CC(=O)O)OC(c2cccc(Cl)c2)[C@H]1c1ccc(Cl)cc1. The highest BCUT2D eigenvalue weighted by Gasteiger charge is 2.49. The number of para-hydroxylation sites is 1. The van der Waals surface area contributed by atoms with Gasteiger partial charge in [-0.2, -0.15) is 5.26 Å². The smallest absolute Gasteiger partial charge is 0.306 e. The van der Waals surface area contributed by atoms with E-state index >= 15 is 0 Å². The third kappa shape index (κ3) is 6.57. The van der Waals surface area contributed by atoms with Gasteiger partial charge in [0.2, 0.25) is 10.0 Å². The van der Waals surface area contributed by atoms with E-state index < -0.39 is 57.9 Å². The fourth-order valence-corrected chi connectivity index (χ4v) is 7.91. The summed E-state index contributed by atoms with van der Waals surface area (Å²) in [5.74, 6) is -1.79. The Bertz CT molecular complexity index is 1690. The molecule has 1 N–H and O–H groups in total. The number of halogens is 2. The number of sulfonamides is 1. The zero-order chi connectivity index (χ0) is 31.6. The first-order chi connectivity index (χ1) is 21.0. The van der Waals surface area contributed by atoms with Crippen LogP contribution in [-0.2, 0) is 24.3 Å². The van der Waals surface area contributed by atoms with Crippen LogP contribution in [0, 0.1) is 11.3 Å². The number of nitriles is 1. The molecule has 2 fully saturated rings. The Labute approximate surface area is 266 Å². The largest absolute Gasteiger partial charge is 0.481 e. The van der Waals surface area contributed by atoms with Crippen molar-refractivity contribution in [3.05, 3.63) is 99.5 Å². The van der Waals surface area contributed by atoms with E-state index in [0.29, 0.717) is 40.4 Å². The molecule has 0 aromatic heterocycles. The topological polar surface area (TPSA) is 128 Å². The monoisotopic (exact) mass is 655 g/mol. The standard InChI is InChI=1S/C32H31Cl2N3O6S/c1-2-25(19-36(44(41,42)26-14-15-26)27-9-4-3-6-22(27)18-35)37-30(20-10-12-23(33)13-11-20)31(21-7-5-8-24(34)16-21)43-28(32(37)40)17-29(38)39/h3-13,16,25-26,28,30-31H,2,14-15,17,19H2,1H3,(H,38,39)/t25-,28?,30+,31?/m0/s1. The van der Waals surface area contributed by atoms with E-state index in [1.807, 2.05) is 6.92 Å². The van der Waals surface area contributed by atoms with E-state index in [9.17, 15) is 28.4 Å². The van der Waals surface area contributed by atoms with Gasteiger partial charge in [0.25, 0.3) is 5.91 Å². The molecule has 4 atom stereocenters. The predicted molar refractivity (Wildman–Crippen MR) is 167 cm³/mol. The van der Waals surface area contributed by atoms with Gasteiger partial charge < -0.3 is 14.7 Å². The minimum absolute atomic E-state index is 0.147. The van der Waals surface area contributed by atoms with Crippen LogP contribution in [0.25, 0.3) is 0 Å². The van der Waals surface area contributed by atoms with E-state index in [-0.39, 0.29) is 17.8 Å². The first kappa shape index (κ1) is 31.8. The Kier molecular flexibility index (Phi) is 9.51. The molecule has 1 saturated heterocycles. The van der Waals surface area contributed by atoms with Crippen LogP contribution in [0.1, 0.15) is 61.4 Å². The molecule has 230 valence electrons. The number of carbonyl (C=O) groups excluding carboxylic acids is 1. The molecule has 1 aliphatic heterocycles. The molecule has 5 rings (SSSR count). The van der Waals surface area contributed by atoms with E-state index in [0.717, 1.165) is 0 Å². The summed E-state index contributed by atoms with van der Waals surface area (Å²) in [5, 5.41) is 19.9. The van der Waals surface area contributed by atoms with E-state index in [1.165, 1.54) is 4.31 Å². The second-order valence-electron chi connectivity index (χ2n) is 10.9. The van der Waals surface area contributed by atoms with Crippen LogP contribution in [0.4, 0.5) is 5.69 Å². The van der Waals surface area contributed by atoms with Crippen LogP contribution in [0.3, 0.4) is 0 Å². The van der Waals surface area contributed by atoms with Crippen molar-refractivity contribution in [1.29, 1.82) is 5.26 Å². The third-order valence-electron chi connectivity index (χ3n) is 7.96. The van der Waals surface area contributed by atoms with Crippen LogP contribution in [0.5, 0.6) is 0 Å². The first-order valence-corrected chi connectivity index (χ1v) is 16.5. The molecule has 0 radical (unpaired) electrons. The second-order valence-corrected chi connectivity index (χ2v) is 13.9. The van der Waals surface area contributed by atoms with Gasteiger partial charge in [-0.25, -0.2) is 8.42 Å². The summed E-state index contributed by atoms with van der Waals surface area (Å²) in [4.78, 5) is 27.7. The van der Waals surface area contributed by atoms with Crippen molar-refractivity contribution in [3.63, 3.8) is 0 Å². The van der Waals surface area contributed by atoms with Gasteiger partial charge in [0, 0.05) is 10.0 Å². The Morgan fingerprint density at radius 3 is 2.39 bits per heavy atom. The highest BCUT2D eigenvalue weighted by Crippen LogP contribution is 2.45. The Balaban J connectivity index is 1.67. The summed E-state index contributed by atoms with van der Waals surface area (Å²) in [6, 6.07) is 20.9. The van der Waals surface area contributed by atoms with Gasteiger partial charge in [0.05, 0.1) is 41.6 Å². The Hall–Kier alpha value is -3.62. The number of nitrogens with zero attached hydrogens (tertiary/aromatic N) is 3. The molecule has 44 heavy (non-hydrogen) atoms. The molecule has 9 nitrogen and oxygen atoms in total. The highest BCUT2D eigenvalue weighted by atomic mass is 35.5. The third-order valence-corrected chi connectivity index (χ3v) is 10.7. The molecule has 0 spiro atoms. The Morgan fingerprint density at radius 1 is 1.07 bits per heavy atom. The van der Waals surface area contributed by atoms with Crippen LogP contribution in [-0.4, -0.2) is 54.2 Å². The average Bonchev–Trinajstić information content (AvgIpc) is 3.86. The lowest BCUT2D eigenvalue weighted by Gasteiger charge is -2.48. The van der Waals surface area contributed by atoms with Gasteiger partial charge in [0.15, 0.2) is 0 Å². The number of hydrogen-bond donors (Lipinski definition) is 1. The van der Waals surface area contributed by atoms with Crippen molar-refractivity contribution in [3.8, 4) is 6.07 Å². The molecule has 0 bridgehead atoms. The number of hydrogen-bond acceptors (Lipinski definition) is 6. The fourth-order valence-electron chi connectivity index (χ4n) is 5.68. The van der Waals surface area contributed by atoms with Gasteiger partial charge in [-0.05, 0) is 66.8 Å². The van der Waals surface area contributed by atoms with Crippen LogP contribution < -0.4 is 4.31 Å². The van der Waals surface area contributed by atoms with E-state index in [4.69, 9.17) is 27.9 Å². The van der Waals surface area contributed by atoms with Crippen molar-refractivity contribution in [2.24, 2.45) is 0 Å². The van der Waals surface area contributed by atoms with Crippen molar-refractivity contribution in [1.82, 2.24) is 4.90 Å². The van der Waals surface area contributed by atoms with Gasteiger partial charge in [-0.15, -0.1) is 0 Å². The summed E-state index contributed by atoms with van der Waals surface area (Å²) in [6.45, 7) is 1.69. The number of carbonyl (C=O) groups is 2. The quantitative estimate of drug-likeness (QED) is 0.263. The number of rotatable bonds is 11. The van der Waals surface area contributed by atoms with Gasteiger partial charge in [-0.1, -0.05) is 66.5 Å².